The maximum Gasteiger partial charge on any atom is 0.235 e. The molecule has 0 atom stereocenters. The third-order valence-electron chi connectivity index (χ3n) is 2.23. The van der Waals surface area contributed by atoms with Crippen molar-refractivity contribution in [3.05, 3.63) is 18.2 Å². The average molecular weight is 275 g/mol. The van der Waals surface area contributed by atoms with Crippen molar-refractivity contribution in [1.82, 2.24) is 0 Å². The lowest BCUT2D eigenvalue weighted by Crippen LogP contribution is -2.20. The van der Waals surface area contributed by atoms with Gasteiger partial charge in [-0.1, -0.05) is 0 Å². The van der Waals surface area contributed by atoms with Crippen LogP contribution in [0.25, 0.3) is 0 Å². The Kier molecular flexibility index (Phi) is 5.24. The summed E-state index contributed by atoms with van der Waals surface area (Å²) in [5, 5.41) is 0. The van der Waals surface area contributed by atoms with Crippen LogP contribution in [0.15, 0.2) is 18.2 Å². The van der Waals surface area contributed by atoms with Gasteiger partial charge in [0.05, 0.1) is 32.3 Å². The molecule has 6 nitrogen and oxygen atoms in total. The smallest absolute Gasteiger partial charge is 0.235 e. The zero-order valence-electron chi connectivity index (χ0n) is 10.6. The van der Waals surface area contributed by atoms with Gasteiger partial charge in [-0.05, 0) is 12.1 Å². The van der Waals surface area contributed by atoms with Crippen LogP contribution in [0.1, 0.15) is 0 Å². The van der Waals surface area contributed by atoms with Crippen molar-refractivity contribution < 1.29 is 22.6 Å². The number of anilines is 1. The first-order valence-corrected chi connectivity index (χ1v) is 6.89. The summed E-state index contributed by atoms with van der Waals surface area (Å²) in [6.45, 7) is 0.127. The summed E-state index contributed by atoms with van der Waals surface area (Å²) in [5.41, 5.74) is 0.341. The van der Waals surface area contributed by atoms with Crippen molar-refractivity contribution in [1.29, 1.82) is 0 Å². The van der Waals surface area contributed by atoms with E-state index in [-0.39, 0.29) is 12.4 Å². The van der Waals surface area contributed by atoms with Crippen molar-refractivity contribution in [2.24, 2.45) is 0 Å². The second-order valence-corrected chi connectivity index (χ2v) is 5.32. The average Bonchev–Trinajstić information content (AvgIpc) is 2.36. The van der Waals surface area contributed by atoms with Crippen molar-refractivity contribution in [3.63, 3.8) is 0 Å². The molecule has 0 aliphatic carbocycles. The highest BCUT2D eigenvalue weighted by molar-refractivity contribution is 7.92. The van der Waals surface area contributed by atoms with Crippen LogP contribution in [0.5, 0.6) is 11.5 Å². The van der Waals surface area contributed by atoms with Gasteiger partial charge in [0.15, 0.2) is 0 Å². The molecule has 1 aromatic rings. The normalized spacial score (nSPS) is 11.1. The molecular weight excluding hydrogens is 258 g/mol. The van der Waals surface area contributed by atoms with Crippen LogP contribution in [0.3, 0.4) is 0 Å². The minimum atomic E-state index is -3.46. The molecule has 0 aliphatic heterocycles. The molecule has 0 radical (unpaired) electrons. The summed E-state index contributed by atoms with van der Waals surface area (Å²) in [5.74, 6) is 0.848. The third-order valence-corrected chi connectivity index (χ3v) is 3.46. The van der Waals surface area contributed by atoms with Gasteiger partial charge in [-0.2, -0.15) is 0 Å². The number of hydrogen-bond acceptors (Lipinski definition) is 5. The molecule has 0 aliphatic rings. The molecule has 0 saturated heterocycles. The van der Waals surface area contributed by atoms with Gasteiger partial charge < -0.3 is 14.2 Å². The molecule has 0 bridgehead atoms. The molecule has 0 spiro atoms. The minimum absolute atomic E-state index is 0.121. The van der Waals surface area contributed by atoms with Crippen LogP contribution in [0.2, 0.25) is 0 Å². The van der Waals surface area contributed by atoms with Crippen LogP contribution in [0, 0.1) is 0 Å². The Morgan fingerprint density at radius 2 is 1.89 bits per heavy atom. The fourth-order valence-corrected chi connectivity index (χ4v) is 2.29. The first-order chi connectivity index (χ1) is 8.52. The Bertz CT molecular complexity index is 486. The molecule has 1 aromatic carbocycles. The molecule has 7 heteroatoms. The van der Waals surface area contributed by atoms with E-state index in [0.29, 0.717) is 17.2 Å². The highest BCUT2D eigenvalue weighted by atomic mass is 32.2. The van der Waals surface area contributed by atoms with Crippen LogP contribution in [0.4, 0.5) is 5.69 Å². The van der Waals surface area contributed by atoms with Gasteiger partial charge in [0.2, 0.25) is 10.0 Å². The number of nitrogens with one attached hydrogen (secondary N) is 1. The topological polar surface area (TPSA) is 73.9 Å². The highest BCUT2D eigenvalue weighted by Gasteiger charge is 2.14. The standard InChI is InChI=1S/C11H17NO5S/c1-15-6-7-18(13,14)12-10-8-9(16-2)4-5-11(10)17-3/h4-5,8,12H,6-7H2,1-3H3. The predicted molar refractivity (Wildman–Crippen MR) is 68.8 cm³/mol. The first kappa shape index (κ1) is 14.6. The molecule has 0 amide bonds. The third kappa shape index (κ3) is 4.08. The van der Waals surface area contributed by atoms with Crippen LogP contribution in [-0.2, 0) is 14.8 Å². The van der Waals surface area contributed by atoms with E-state index in [9.17, 15) is 8.42 Å². The van der Waals surface area contributed by atoms with Crippen molar-refractivity contribution >= 4 is 15.7 Å². The summed E-state index contributed by atoms with van der Waals surface area (Å²) in [6.07, 6.45) is 0. The van der Waals surface area contributed by atoms with Gasteiger partial charge in [-0.3, -0.25) is 4.72 Å². The van der Waals surface area contributed by atoms with E-state index in [4.69, 9.17) is 14.2 Å². The summed E-state index contributed by atoms with van der Waals surface area (Å²) in [6, 6.07) is 4.88. The van der Waals surface area contributed by atoms with Gasteiger partial charge in [0.25, 0.3) is 0 Å². The quantitative estimate of drug-likeness (QED) is 0.806. The van der Waals surface area contributed by atoms with Gasteiger partial charge in [-0.15, -0.1) is 0 Å². The Morgan fingerprint density at radius 1 is 1.17 bits per heavy atom. The zero-order chi connectivity index (χ0) is 13.6. The number of benzene rings is 1. The molecule has 1 N–H and O–H groups in total. The minimum Gasteiger partial charge on any atom is -0.497 e. The van der Waals surface area contributed by atoms with Gasteiger partial charge in [0, 0.05) is 13.2 Å². The Balaban J connectivity index is 2.94. The van der Waals surface area contributed by atoms with Crippen LogP contribution >= 0.6 is 0 Å². The number of rotatable bonds is 7. The lowest BCUT2D eigenvalue weighted by atomic mass is 10.3. The Morgan fingerprint density at radius 3 is 2.44 bits per heavy atom. The maximum atomic E-state index is 11.7. The van der Waals surface area contributed by atoms with Crippen molar-refractivity contribution in [2.45, 2.75) is 0 Å². The molecule has 18 heavy (non-hydrogen) atoms. The molecule has 1 rings (SSSR count). The van der Waals surface area contributed by atoms with Crippen LogP contribution in [-0.4, -0.2) is 42.1 Å². The van der Waals surface area contributed by atoms with Crippen LogP contribution < -0.4 is 14.2 Å². The predicted octanol–water partition coefficient (Wildman–Crippen LogP) is 1.09. The van der Waals surface area contributed by atoms with E-state index in [1.54, 1.807) is 18.2 Å². The molecular formula is C11H17NO5S. The lowest BCUT2D eigenvalue weighted by molar-refractivity contribution is 0.217. The Hall–Kier alpha value is -1.47. The van der Waals surface area contributed by atoms with Gasteiger partial charge in [0.1, 0.15) is 11.5 Å². The van der Waals surface area contributed by atoms with Gasteiger partial charge in [-0.25, -0.2) is 8.42 Å². The molecule has 102 valence electrons. The number of methoxy groups -OCH3 is 3. The first-order valence-electron chi connectivity index (χ1n) is 5.24. The fraction of sp³-hybridized carbons (Fsp3) is 0.455. The Labute approximate surface area is 107 Å². The summed E-state index contributed by atoms with van der Waals surface area (Å²) < 4.78 is 40.8. The largest absolute Gasteiger partial charge is 0.497 e. The second-order valence-electron chi connectivity index (χ2n) is 3.48. The molecule has 0 aromatic heterocycles. The van der Waals surface area contributed by atoms with Crippen molar-refractivity contribution in [3.8, 4) is 11.5 Å². The molecule has 0 heterocycles. The summed E-state index contributed by atoms with van der Waals surface area (Å²) in [7, 11) is 0.953. The summed E-state index contributed by atoms with van der Waals surface area (Å²) >= 11 is 0. The number of sulfonamides is 1. The maximum absolute atomic E-state index is 11.7. The SMILES string of the molecule is COCCS(=O)(=O)Nc1cc(OC)ccc1OC. The zero-order valence-corrected chi connectivity index (χ0v) is 11.4. The number of hydrogen-bond donors (Lipinski definition) is 1. The van der Waals surface area contributed by atoms with E-state index >= 15 is 0 Å². The number of ether oxygens (including phenoxy) is 3. The second kappa shape index (κ2) is 6.46. The summed E-state index contributed by atoms with van der Waals surface area (Å²) in [4.78, 5) is 0. The van der Waals surface area contributed by atoms with E-state index in [1.807, 2.05) is 0 Å². The lowest BCUT2D eigenvalue weighted by Gasteiger charge is -2.12. The molecule has 0 fully saturated rings. The molecule has 0 saturated carbocycles. The monoisotopic (exact) mass is 275 g/mol. The van der Waals surface area contributed by atoms with Crippen molar-refractivity contribution in [2.75, 3.05) is 38.4 Å². The van der Waals surface area contributed by atoms with E-state index in [1.165, 1.54) is 21.3 Å². The van der Waals surface area contributed by atoms with Gasteiger partial charge >= 0.3 is 0 Å². The van der Waals surface area contributed by atoms with E-state index in [0.717, 1.165) is 0 Å². The molecule has 0 unspecified atom stereocenters. The fourth-order valence-electron chi connectivity index (χ4n) is 1.31. The highest BCUT2D eigenvalue weighted by Crippen LogP contribution is 2.29. The van der Waals surface area contributed by atoms with E-state index in [2.05, 4.69) is 4.72 Å². The van der Waals surface area contributed by atoms with E-state index < -0.39 is 10.0 Å².